The lowest BCUT2D eigenvalue weighted by atomic mass is 10.0. The molecule has 0 saturated heterocycles. The summed E-state index contributed by atoms with van der Waals surface area (Å²) in [6.45, 7) is 0.953. The Labute approximate surface area is 128 Å². The molecule has 1 aromatic heterocycles. The first-order valence-corrected chi connectivity index (χ1v) is 7.35. The molecule has 2 N–H and O–H groups in total. The van der Waals surface area contributed by atoms with Crippen LogP contribution in [0.5, 0.6) is 0 Å². The van der Waals surface area contributed by atoms with Gasteiger partial charge in [-0.2, -0.15) is 0 Å². The molecule has 21 heavy (non-hydrogen) atoms. The van der Waals surface area contributed by atoms with E-state index in [1.165, 1.54) is 0 Å². The fourth-order valence-electron chi connectivity index (χ4n) is 2.53. The van der Waals surface area contributed by atoms with Crippen LogP contribution in [0.4, 0.5) is 11.4 Å². The van der Waals surface area contributed by atoms with Crippen molar-refractivity contribution in [2.75, 3.05) is 17.2 Å². The van der Waals surface area contributed by atoms with Crippen molar-refractivity contribution in [2.24, 2.45) is 0 Å². The van der Waals surface area contributed by atoms with Crippen LogP contribution in [0.3, 0.4) is 0 Å². The first kappa shape index (κ1) is 13.9. The molecule has 0 fully saturated rings. The summed E-state index contributed by atoms with van der Waals surface area (Å²) in [6, 6.07) is 7.35. The van der Waals surface area contributed by atoms with Crippen LogP contribution in [-0.2, 0) is 17.6 Å². The molecule has 1 aromatic carbocycles. The van der Waals surface area contributed by atoms with Crippen molar-refractivity contribution in [3.63, 3.8) is 0 Å². The summed E-state index contributed by atoms with van der Waals surface area (Å²) in [6.07, 6.45) is 5.84. The largest absolute Gasteiger partial charge is 0.384 e. The molecule has 2 aromatic rings. The molecule has 1 aliphatic heterocycles. The van der Waals surface area contributed by atoms with Gasteiger partial charge >= 0.3 is 0 Å². The van der Waals surface area contributed by atoms with Gasteiger partial charge in [0.15, 0.2) is 0 Å². The molecule has 108 valence electrons. The first-order chi connectivity index (χ1) is 10.2. The number of anilines is 2. The Kier molecular flexibility index (Phi) is 4.06. The number of amides is 1. The Balaban J connectivity index is 1.73. The second-order valence-corrected chi connectivity index (χ2v) is 5.53. The highest BCUT2D eigenvalue weighted by Gasteiger charge is 2.15. The summed E-state index contributed by atoms with van der Waals surface area (Å²) in [5.41, 5.74) is 3.85. The smallest absolute Gasteiger partial charge is 0.228 e. The highest BCUT2D eigenvalue weighted by atomic mass is 35.5. The maximum atomic E-state index is 12.2. The van der Waals surface area contributed by atoms with Crippen LogP contribution in [0.25, 0.3) is 0 Å². The number of nitrogens with one attached hydrogen (secondary N) is 2. The molecule has 1 amide bonds. The van der Waals surface area contributed by atoms with Crippen molar-refractivity contribution in [3.05, 3.63) is 52.8 Å². The minimum absolute atomic E-state index is 0.0574. The summed E-state index contributed by atoms with van der Waals surface area (Å²) in [5, 5.41) is 6.90. The summed E-state index contributed by atoms with van der Waals surface area (Å²) in [4.78, 5) is 16.4. The van der Waals surface area contributed by atoms with Crippen LogP contribution in [0.2, 0.25) is 5.02 Å². The maximum Gasteiger partial charge on any atom is 0.228 e. The van der Waals surface area contributed by atoms with Gasteiger partial charge in [0.05, 0.1) is 30.2 Å². The van der Waals surface area contributed by atoms with Crippen LogP contribution in [0.15, 0.2) is 36.7 Å². The van der Waals surface area contributed by atoms with E-state index in [2.05, 4.69) is 15.6 Å². The second-order valence-electron chi connectivity index (χ2n) is 5.10. The van der Waals surface area contributed by atoms with Crippen molar-refractivity contribution in [3.8, 4) is 0 Å². The highest BCUT2D eigenvalue weighted by molar-refractivity contribution is 6.30. The molecular weight excluding hydrogens is 286 g/mol. The van der Waals surface area contributed by atoms with E-state index >= 15 is 0 Å². The number of halogens is 1. The third-order valence-electron chi connectivity index (χ3n) is 3.50. The summed E-state index contributed by atoms with van der Waals surface area (Å²) < 4.78 is 0. The lowest BCUT2D eigenvalue weighted by Crippen LogP contribution is -2.19. The van der Waals surface area contributed by atoms with Gasteiger partial charge in [0.25, 0.3) is 0 Å². The molecule has 2 heterocycles. The van der Waals surface area contributed by atoms with Crippen LogP contribution < -0.4 is 10.6 Å². The van der Waals surface area contributed by atoms with Gasteiger partial charge in [-0.25, -0.2) is 0 Å². The Hall–Kier alpha value is -2.07. The van der Waals surface area contributed by atoms with Gasteiger partial charge in [-0.3, -0.25) is 9.78 Å². The molecule has 0 spiro atoms. The van der Waals surface area contributed by atoms with E-state index in [9.17, 15) is 4.79 Å². The van der Waals surface area contributed by atoms with E-state index in [1.54, 1.807) is 24.5 Å². The zero-order valence-corrected chi connectivity index (χ0v) is 12.3. The fraction of sp³-hybridized carbons (Fsp3) is 0.250. The Morgan fingerprint density at radius 1 is 1.38 bits per heavy atom. The van der Waals surface area contributed by atoms with Gasteiger partial charge < -0.3 is 10.6 Å². The maximum absolute atomic E-state index is 12.2. The minimum atomic E-state index is -0.0574. The van der Waals surface area contributed by atoms with Gasteiger partial charge in [0.2, 0.25) is 5.91 Å². The molecule has 5 heteroatoms. The third-order valence-corrected chi connectivity index (χ3v) is 3.74. The third kappa shape index (κ3) is 3.34. The fourth-order valence-corrected chi connectivity index (χ4v) is 2.74. The summed E-state index contributed by atoms with van der Waals surface area (Å²) in [5.74, 6) is -0.0574. The average Bonchev–Trinajstić information content (AvgIpc) is 2.47. The van der Waals surface area contributed by atoms with Gasteiger partial charge in [-0.15, -0.1) is 0 Å². The number of aromatic nitrogens is 1. The van der Waals surface area contributed by atoms with Crippen molar-refractivity contribution in [1.29, 1.82) is 0 Å². The molecule has 0 atom stereocenters. The Morgan fingerprint density at radius 3 is 3.14 bits per heavy atom. The monoisotopic (exact) mass is 301 g/mol. The number of carbonyl (C=O) groups is 1. The van der Waals surface area contributed by atoms with Gasteiger partial charge in [0, 0.05) is 17.1 Å². The lowest BCUT2D eigenvalue weighted by molar-refractivity contribution is -0.115. The lowest BCUT2D eigenvalue weighted by Gasteiger charge is -2.20. The van der Waals surface area contributed by atoms with Crippen molar-refractivity contribution in [2.45, 2.75) is 19.3 Å². The van der Waals surface area contributed by atoms with Gasteiger partial charge in [-0.05, 0) is 30.5 Å². The van der Waals surface area contributed by atoms with Crippen LogP contribution >= 0.6 is 11.6 Å². The van der Waals surface area contributed by atoms with E-state index in [4.69, 9.17) is 11.6 Å². The van der Waals surface area contributed by atoms with Crippen LogP contribution in [0.1, 0.15) is 17.5 Å². The molecule has 4 nitrogen and oxygen atoms in total. The standard InChI is InChI=1S/C16H16ClN3O/c17-12-4-1-3-11(7-12)8-16(21)20-15-10-18-9-14-13(15)5-2-6-19-14/h1,3-4,7,9-10,19H,2,5-6,8H2,(H,20,21). The van der Waals surface area contributed by atoms with Crippen molar-refractivity contribution >= 4 is 28.9 Å². The average molecular weight is 302 g/mol. The number of nitrogens with zero attached hydrogens (tertiary/aromatic N) is 1. The van der Waals surface area contributed by atoms with E-state index in [0.717, 1.165) is 41.9 Å². The number of fused-ring (bicyclic) bond motifs is 1. The molecule has 0 aliphatic carbocycles. The molecule has 0 radical (unpaired) electrons. The number of benzene rings is 1. The van der Waals surface area contributed by atoms with Crippen molar-refractivity contribution in [1.82, 2.24) is 4.98 Å². The van der Waals surface area contributed by atoms with Crippen molar-refractivity contribution < 1.29 is 4.79 Å². The minimum Gasteiger partial charge on any atom is -0.384 e. The van der Waals surface area contributed by atoms with Crippen LogP contribution in [0, 0.1) is 0 Å². The SMILES string of the molecule is O=C(Cc1cccc(Cl)c1)Nc1cncc2c1CCCN2. The molecule has 0 unspecified atom stereocenters. The predicted molar refractivity (Wildman–Crippen MR) is 84.8 cm³/mol. The second kappa shape index (κ2) is 6.14. The highest BCUT2D eigenvalue weighted by Crippen LogP contribution is 2.27. The number of carbonyl (C=O) groups excluding carboxylic acids is 1. The van der Waals surface area contributed by atoms with E-state index in [1.807, 2.05) is 12.1 Å². The number of rotatable bonds is 3. The zero-order chi connectivity index (χ0) is 14.7. The molecular formula is C16H16ClN3O. The quantitative estimate of drug-likeness (QED) is 0.915. The van der Waals surface area contributed by atoms with Crippen LogP contribution in [-0.4, -0.2) is 17.4 Å². The summed E-state index contributed by atoms with van der Waals surface area (Å²) >= 11 is 5.93. The molecule has 3 rings (SSSR count). The first-order valence-electron chi connectivity index (χ1n) is 6.97. The van der Waals surface area contributed by atoms with E-state index in [-0.39, 0.29) is 5.91 Å². The number of pyridine rings is 1. The number of hydrogen-bond donors (Lipinski definition) is 2. The Bertz CT molecular complexity index is 672. The molecule has 0 saturated carbocycles. The van der Waals surface area contributed by atoms with Gasteiger partial charge in [-0.1, -0.05) is 23.7 Å². The summed E-state index contributed by atoms with van der Waals surface area (Å²) in [7, 11) is 0. The topological polar surface area (TPSA) is 54.0 Å². The molecule has 0 bridgehead atoms. The molecule has 1 aliphatic rings. The normalized spacial score (nSPS) is 13.2. The zero-order valence-electron chi connectivity index (χ0n) is 11.5. The number of hydrogen-bond acceptors (Lipinski definition) is 3. The van der Waals surface area contributed by atoms with E-state index in [0.29, 0.717) is 11.4 Å². The Morgan fingerprint density at radius 2 is 2.29 bits per heavy atom. The predicted octanol–water partition coefficient (Wildman–Crippen LogP) is 3.27. The van der Waals surface area contributed by atoms with E-state index < -0.39 is 0 Å². The van der Waals surface area contributed by atoms with Gasteiger partial charge in [0.1, 0.15) is 0 Å².